The van der Waals surface area contributed by atoms with Gasteiger partial charge in [0.2, 0.25) is 5.91 Å². The van der Waals surface area contributed by atoms with Crippen molar-refractivity contribution in [2.24, 2.45) is 0 Å². The molecular formula is C17H19F3N2O3. The lowest BCUT2D eigenvalue weighted by atomic mass is 10.0. The summed E-state index contributed by atoms with van der Waals surface area (Å²) < 4.78 is 36.2. The van der Waals surface area contributed by atoms with E-state index in [0.717, 1.165) is 0 Å². The minimum Gasteiger partial charge on any atom is -0.388 e. The highest BCUT2D eigenvalue weighted by atomic mass is 19.4. The van der Waals surface area contributed by atoms with Crippen molar-refractivity contribution in [3.8, 4) is 11.8 Å². The Bertz CT molecular complexity index is 663. The van der Waals surface area contributed by atoms with Crippen LogP contribution in [0.3, 0.4) is 0 Å². The van der Waals surface area contributed by atoms with E-state index < -0.39 is 18.2 Å². The van der Waals surface area contributed by atoms with Crippen LogP contribution in [0.1, 0.15) is 36.5 Å². The van der Waals surface area contributed by atoms with Crippen LogP contribution in [-0.4, -0.2) is 36.7 Å². The standard InChI is InChI=1S/C17H19F3N2O3/c1-21-15(24)8-3-2-5-12-6-4-7-13(11-12)14(23)9-10-22-16(25)17(18,19)20/h4,6-7,11,14,23H,3,8-10H2,1H3,(H,21,24)(H,22,25). The zero-order chi connectivity index (χ0) is 18.9. The molecule has 3 N–H and O–H groups in total. The Morgan fingerprint density at radius 2 is 2.04 bits per heavy atom. The van der Waals surface area contributed by atoms with Crippen molar-refractivity contribution in [1.82, 2.24) is 10.6 Å². The van der Waals surface area contributed by atoms with Gasteiger partial charge in [-0.25, -0.2) is 0 Å². The van der Waals surface area contributed by atoms with E-state index in [1.165, 1.54) is 7.05 Å². The molecule has 0 radical (unpaired) electrons. The van der Waals surface area contributed by atoms with Crippen LogP contribution in [0.2, 0.25) is 0 Å². The molecule has 0 aliphatic carbocycles. The van der Waals surface area contributed by atoms with Crippen LogP contribution in [-0.2, 0) is 9.59 Å². The molecule has 0 saturated carbocycles. The molecule has 0 bridgehead atoms. The number of alkyl halides is 3. The molecule has 0 fully saturated rings. The predicted octanol–water partition coefficient (Wildman–Crippen LogP) is 1.67. The van der Waals surface area contributed by atoms with Gasteiger partial charge in [0.15, 0.2) is 0 Å². The third-order valence-electron chi connectivity index (χ3n) is 3.22. The normalized spacial score (nSPS) is 11.9. The molecule has 2 amide bonds. The molecule has 8 heteroatoms. The van der Waals surface area contributed by atoms with Gasteiger partial charge in [0.25, 0.3) is 0 Å². The summed E-state index contributed by atoms with van der Waals surface area (Å²) in [5.41, 5.74) is 1.10. The molecule has 0 aromatic heterocycles. The Morgan fingerprint density at radius 3 is 2.68 bits per heavy atom. The van der Waals surface area contributed by atoms with E-state index in [4.69, 9.17) is 0 Å². The summed E-state index contributed by atoms with van der Waals surface area (Å²) >= 11 is 0. The molecule has 25 heavy (non-hydrogen) atoms. The van der Waals surface area contributed by atoms with E-state index in [1.807, 2.05) is 0 Å². The maximum absolute atomic E-state index is 12.1. The van der Waals surface area contributed by atoms with E-state index >= 15 is 0 Å². The van der Waals surface area contributed by atoms with Crippen LogP contribution in [0.4, 0.5) is 13.2 Å². The van der Waals surface area contributed by atoms with Gasteiger partial charge in [-0.2, -0.15) is 13.2 Å². The Morgan fingerprint density at radius 1 is 1.32 bits per heavy atom. The number of carbonyl (C=O) groups is 2. The molecule has 5 nitrogen and oxygen atoms in total. The number of rotatable bonds is 6. The second-order valence-corrected chi connectivity index (χ2v) is 5.16. The van der Waals surface area contributed by atoms with Gasteiger partial charge >= 0.3 is 12.1 Å². The average molecular weight is 356 g/mol. The Balaban J connectivity index is 2.55. The molecule has 0 aliphatic rings. The van der Waals surface area contributed by atoms with Crippen LogP contribution in [0.5, 0.6) is 0 Å². The number of hydrogen-bond donors (Lipinski definition) is 3. The zero-order valence-electron chi connectivity index (χ0n) is 13.6. The van der Waals surface area contributed by atoms with Crippen LogP contribution in [0, 0.1) is 11.8 Å². The van der Waals surface area contributed by atoms with Crippen LogP contribution in [0.25, 0.3) is 0 Å². The molecule has 0 aliphatic heterocycles. The highest BCUT2D eigenvalue weighted by Gasteiger charge is 2.38. The lowest BCUT2D eigenvalue weighted by molar-refractivity contribution is -0.173. The van der Waals surface area contributed by atoms with E-state index in [0.29, 0.717) is 17.5 Å². The van der Waals surface area contributed by atoms with E-state index in [1.54, 1.807) is 29.6 Å². The molecule has 1 aromatic rings. The van der Waals surface area contributed by atoms with E-state index in [-0.39, 0.29) is 25.3 Å². The third-order valence-corrected chi connectivity index (χ3v) is 3.22. The number of aliphatic hydroxyl groups is 1. The number of halogens is 3. The summed E-state index contributed by atoms with van der Waals surface area (Å²) in [5.74, 6) is 3.54. The van der Waals surface area contributed by atoms with Crippen molar-refractivity contribution in [1.29, 1.82) is 0 Å². The summed E-state index contributed by atoms with van der Waals surface area (Å²) in [5, 5.41) is 14.2. The van der Waals surface area contributed by atoms with Gasteiger partial charge in [-0.3, -0.25) is 9.59 Å². The molecule has 0 spiro atoms. The largest absolute Gasteiger partial charge is 0.471 e. The minimum atomic E-state index is -4.94. The number of hydrogen-bond acceptors (Lipinski definition) is 3. The molecule has 1 atom stereocenters. The molecule has 1 rings (SSSR count). The molecular weight excluding hydrogens is 337 g/mol. The van der Waals surface area contributed by atoms with Gasteiger partial charge < -0.3 is 15.7 Å². The molecule has 0 saturated heterocycles. The first-order valence-corrected chi connectivity index (χ1v) is 7.56. The zero-order valence-corrected chi connectivity index (χ0v) is 13.6. The fourth-order valence-corrected chi connectivity index (χ4v) is 1.88. The number of benzene rings is 1. The van der Waals surface area contributed by atoms with Crippen molar-refractivity contribution in [3.63, 3.8) is 0 Å². The van der Waals surface area contributed by atoms with E-state index in [9.17, 15) is 27.9 Å². The minimum absolute atomic E-state index is 0.0601. The van der Waals surface area contributed by atoms with Crippen molar-refractivity contribution >= 4 is 11.8 Å². The Kier molecular flexibility index (Phi) is 7.95. The van der Waals surface area contributed by atoms with Crippen LogP contribution in [0.15, 0.2) is 24.3 Å². The molecule has 0 heterocycles. The van der Waals surface area contributed by atoms with Gasteiger partial charge in [0, 0.05) is 32.0 Å². The smallest absolute Gasteiger partial charge is 0.388 e. The van der Waals surface area contributed by atoms with Gasteiger partial charge in [0.1, 0.15) is 0 Å². The second kappa shape index (κ2) is 9.69. The summed E-state index contributed by atoms with van der Waals surface area (Å²) in [6.45, 7) is -0.304. The Labute approximate surface area is 143 Å². The van der Waals surface area contributed by atoms with Crippen LogP contribution >= 0.6 is 0 Å². The first kappa shape index (κ1) is 20.5. The number of nitrogens with one attached hydrogen (secondary N) is 2. The fourth-order valence-electron chi connectivity index (χ4n) is 1.88. The predicted molar refractivity (Wildman–Crippen MR) is 85.3 cm³/mol. The molecule has 1 aromatic carbocycles. The van der Waals surface area contributed by atoms with Crippen molar-refractivity contribution in [3.05, 3.63) is 35.4 Å². The van der Waals surface area contributed by atoms with Gasteiger partial charge in [-0.1, -0.05) is 24.0 Å². The first-order valence-electron chi connectivity index (χ1n) is 7.56. The lowest BCUT2D eigenvalue weighted by Gasteiger charge is -2.13. The quantitative estimate of drug-likeness (QED) is 0.679. The van der Waals surface area contributed by atoms with Crippen LogP contribution < -0.4 is 10.6 Å². The number of aliphatic hydroxyl groups excluding tert-OH is 1. The van der Waals surface area contributed by atoms with Gasteiger partial charge in [-0.15, -0.1) is 0 Å². The molecule has 136 valence electrons. The first-order chi connectivity index (χ1) is 11.7. The van der Waals surface area contributed by atoms with Crippen molar-refractivity contribution < 1.29 is 27.9 Å². The van der Waals surface area contributed by atoms with Gasteiger partial charge in [0.05, 0.1) is 6.10 Å². The summed E-state index contributed by atoms with van der Waals surface area (Å²) in [7, 11) is 1.54. The fraction of sp³-hybridized carbons (Fsp3) is 0.412. The van der Waals surface area contributed by atoms with Gasteiger partial charge in [-0.05, 0) is 24.1 Å². The average Bonchev–Trinajstić information content (AvgIpc) is 2.57. The second-order valence-electron chi connectivity index (χ2n) is 5.16. The number of carbonyl (C=O) groups excluding carboxylic acids is 2. The highest BCUT2D eigenvalue weighted by molar-refractivity contribution is 5.81. The van der Waals surface area contributed by atoms with E-state index in [2.05, 4.69) is 17.2 Å². The summed E-state index contributed by atoms with van der Waals surface area (Å²) in [6.07, 6.45) is -5.35. The van der Waals surface area contributed by atoms with Crippen molar-refractivity contribution in [2.45, 2.75) is 31.5 Å². The van der Waals surface area contributed by atoms with Crippen molar-refractivity contribution in [2.75, 3.05) is 13.6 Å². The summed E-state index contributed by atoms with van der Waals surface area (Å²) in [6, 6.07) is 6.61. The monoisotopic (exact) mass is 356 g/mol. The summed E-state index contributed by atoms with van der Waals surface area (Å²) in [4.78, 5) is 21.8. The maximum atomic E-state index is 12.1. The maximum Gasteiger partial charge on any atom is 0.471 e. The Hall–Kier alpha value is -2.53. The lowest BCUT2D eigenvalue weighted by Crippen LogP contribution is -2.37. The highest BCUT2D eigenvalue weighted by Crippen LogP contribution is 2.18. The number of amides is 2. The topological polar surface area (TPSA) is 78.4 Å². The third kappa shape index (κ3) is 7.72. The molecule has 1 unspecified atom stereocenters. The SMILES string of the molecule is CNC(=O)CCC#Cc1cccc(C(O)CCNC(=O)C(F)(F)F)c1.